The molecule has 0 fully saturated rings. The molecule has 5 heteroatoms. The lowest BCUT2D eigenvalue weighted by Crippen LogP contribution is -2.46. The van der Waals surface area contributed by atoms with Crippen molar-refractivity contribution in [3.05, 3.63) is 36.5 Å². The molecule has 0 rings (SSSR count). The van der Waals surface area contributed by atoms with Crippen molar-refractivity contribution >= 4 is 5.91 Å². The number of hydrogen-bond acceptors (Lipinski definition) is 4. The minimum absolute atomic E-state index is 0.0631. The van der Waals surface area contributed by atoms with Crippen molar-refractivity contribution in [2.75, 3.05) is 53.6 Å². The first-order chi connectivity index (χ1) is 20.1. The molecule has 0 heterocycles. The van der Waals surface area contributed by atoms with Crippen molar-refractivity contribution in [3.8, 4) is 0 Å². The summed E-state index contributed by atoms with van der Waals surface area (Å²) in [6.07, 6.45) is 32.4. The predicted octanol–water partition coefficient (Wildman–Crippen LogP) is 9.14. The summed E-state index contributed by atoms with van der Waals surface area (Å²) < 4.78 is 12.2. The molecule has 1 amide bonds. The summed E-state index contributed by atoms with van der Waals surface area (Å²) in [6, 6.07) is -0.0631. The van der Waals surface area contributed by atoms with E-state index < -0.39 is 0 Å². The van der Waals surface area contributed by atoms with E-state index in [1.54, 1.807) is 0 Å². The van der Waals surface area contributed by atoms with Crippen LogP contribution in [0, 0.1) is 0 Å². The molecule has 0 atom stereocenters. The Hall–Kier alpha value is -1.43. The largest absolute Gasteiger partial charge is 0.375 e. The Balaban J connectivity index is 5.15. The van der Waals surface area contributed by atoms with Crippen LogP contribution in [0.3, 0.4) is 0 Å². The zero-order valence-electron chi connectivity index (χ0n) is 27.9. The first kappa shape index (κ1) is 39.6. The van der Waals surface area contributed by atoms with E-state index in [1.165, 1.54) is 57.8 Å². The standard InChI is InChI=1S/C36H68N2O3/c1-6-9-12-15-18-19-23-28-36(39)38(30-25-22-24-29-37(4)5)35(33-40-31-26-20-16-13-10-7-2)34-41-32-27-21-17-14-11-8-3/h18-21,26-27,35H,6-17,22-25,28-34H2,1-5H3/b19-18-,26-20-,27-21-. The van der Waals surface area contributed by atoms with Gasteiger partial charge in [-0.15, -0.1) is 0 Å². The third kappa shape index (κ3) is 27.2. The Morgan fingerprint density at radius 2 is 1.05 bits per heavy atom. The summed E-state index contributed by atoms with van der Waals surface area (Å²) in [4.78, 5) is 17.8. The van der Waals surface area contributed by atoms with Gasteiger partial charge in [-0.05, 0) is 78.4 Å². The van der Waals surface area contributed by atoms with Gasteiger partial charge in [-0.25, -0.2) is 0 Å². The lowest BCUT2D eigenvalue weighted by Gasteiger charge is -2.32. The summed E-state index contributed by atoms with van der Waals surface area (Å²) in [6.45, 7) is 10.7. The fourth-order valence-corrected chi connectivity index (χ4v) is 4.66. The Morgan fingerprint density at radius 1 is 0.585 bits per heavy atom. The zero-order valence-corrected chi connectivity index (χ0v) is 27.9. The molecule has 0 aliphatic rings. The van der Waals surface area contributed by atoms with Gasteiger partial charge in [0.1, 0.15) is 0 Å². The maximum absolute atomic E-state index is 13.5. The van der Waals surface area contributed by atoms with Gasteiger partial charge in [0.15, 0.2) is 0 Å². The number of hydrogen-bond donors (Lipinski definition) is 0. The highest BCUT2D eigenvalue weighted by Gasteiger charge is 2.23. The van der Waals surface area contributed by atoms with E-state index in [0.29, 0.717) is 32.8 Å². The lowest BCUT2D eigenvalue weighted by atomic mass is 10.1. The highest BCUT2D eigenvalue weighted by Crippen LogP contribution is 2.12. The van der Waals surface area contributed by atoms with Gasteiger partial charge in [0.25, 0.3) is 0 Å². The number of carbonyl (C=O) groups is 1. The number of allylic oxidation sites excluding steroid dienone is 4. The average Bonchev–Trinajstić information content (AvgIpc) is 2.96. The van der Waals surface area contributed by atoms with Gasteiger partial charge >= 0.3 is 0 Å². The second-order valence-electron chi connectivity index (χ2n) is 11.6. The number of carbonyl (C=O) groups excluding carboxylic acids is 1. The van der Waals surface area contributed by atoms with E-state index in [-0.39, 0.29) is 11.9 Å². The van der Waals surface area contributed by atoms with E-state index in [0.717, 1.165) is 58.0 Å². The summed E-state index contributed by atoms with van der Waals surface area (Å²) in [5, 5.41) is 0. The average molecular weight is 577 g/mol. The monoisotopic (exact) mass is 577 g/mol. The van der Waals surface area contributed by atoms with Crippen LogP contribution in [0.15, 0.2) is 36.5 Å². The van der Waals surface area contributed by atoms with E-state index in [1.807, 2.05) is 0 Å². The highest BCUT2D eigenvalue weighted by molar-refractivity contribution is 5.76. The normalized spacial score (nSPS) is 12.3. The molecule has 0 spiro atoms. The quantitative estimate of drug-likeness (QED) is 0.0631. The summed E-state index contributed by atoms with van der Waals surface area (Å²) >= 11 is 0. The Morgan fingerprint density at radius 3 is 1.54 bits per heavy atom. The molecule has 0 aromatic rings. The topological polar surface area (TPSA) is 42.0 Å². The van der Waals surface area contributed by atoms with Gasteiger partial charge in [-0.3, -0.25) is 4.79 Å². The summed E-state index contributed by atoms with van der Waals surface area (Å²) in [5.74, 6) is 0.221. The van der Waals surface area contributed by atoms with Crippen molar-refractivity contribution in [2.24, 2.45) is 0 Å². The van der Waals surface area contributed by atoms with Crippen LogP contribution in [0.4, 0.5) is 0 Å². The van der Waals surface area contributed by atoms with Crippen molar-refractivity contribution in [3.63, 3.8) is 0 Å². The van der Waals surface area contributed by atoms with Crippen LogP contribution in [-0.4, -0.2) is 75.4 Å². The highest BCUT2D eigenvalue weighted by atomic mass is 16.5. The molecule has 0 N–H and O–H groups in total. The zero-order chi connectivity index (χ0) is 30.2. The molecule has 0 radical (unpaired) electrons. The summed E-state index contributed by atoms with van der Waals surface area (Å²) in [7, 11) is 4.24. The molecular formula is C36H68N2O3. The Kier molecular flexibility index (Phi) is 30.4. The van der Waals surface area contributed by atoms with Gasteiger partial charge in [0, 0.05) is 13.0 Å². The molecule has 0 aliphatic heterocycles. The fraction of sp³-hybridized carbons (Fsp3) is 0.806. The summed E-state index contributed by atoms with van der Waals surface area (Å²) in [5.41, 5.74) is 0. The Labute approximate surface area is 255 Å². The van der Waals surface area contributed by atoms with Crippen molar-refractivity contribution < 1.29 is 14.3 Å². The molecule has 0 unspecified atom stereocenters. The minimum Gasteiger partial charge on any atom is -0.375 e. The molecule has 5 nitrogen and oxygen atoms in total. The smallest absolute Gasteiger partial charge is 0.223 e. The van der Waals surface area contributed by atoms with E-state index in [9.17, 15) is 4.79 Å². The maximum Gasteiger partial charge on any atom is 0.223 e. The van der Waals surface area contributed by atoms with Crippen LogP contribution in [0.1, 0.15) is 130 Å². The van der Waals surface area contributed by atoms with Crippen LogP contribution < -0.4 is 0 Å². The molecule has 41 heavy (non-hydrogen) atoms. The minimum atomic E-state index is -0.0631. The van der Waals surface area contributed by atoms with Gasteiger partial charge < -0.3 is 19.3 Å². The second-order valence-corrected chi connectivity index (χ2v) is 11.6. The lowest BCUT2D eigenvalue weighted by molar-refractivity contribution is -0.136. The number of amides is 1. The number of nitrogens with zero attached hydrogens (tertiary/aromatic N) is 2. The number of unbranched alkanes of at least 4 members (excludes halogenated alkanes) is 11. The molecule has 0 aliphatic carbocycles. The Bertz CT molecular complexity index is 619. The molecule has 0 aromatic heterocycles. The van der Waals surface area contributed by atoms with Crippen molar-refractivity contribution in [2.45, 2.75) is 136 Å². The molecular weight excluding hydrogens is 508 g/mol. The van der Waals surface area contributed by atoms with E-state index >= 15 is 0 Å². The predicted molar refractivity (Wildman–Crippen MR) is 179 cm³/mol. The number of ether oxygens (including phenoxy) is 2. The van der Waals surface area contributed by atoms with Crippen LogP contribution in [0.5, 0.6) is 0 Å². The second kappa shape index (κ2) is 31.5. The molecule has 0 aromatic carbocycles. The molecule has 240 valence electrons. The van der Waals surface area contributed by atoms with Crippen LogP contribution in [0.25, 0.3) is 0 Å². The van der Waals surface area contributed by atoms with E-state index in [4.69, 9.17) is 9.47 Å². The van der Waals surface area contributed by atoms with Gasteiger partial charge in [0.2, 0.25) is 5.91 Å². The molecule has 0 saturated carbocycles. The third-order valence-electron chi connectivity index (χ3n) is 7.26. The molecule has 0 bridgehead atoms. The van der Waals surface area contributed by atoms with Gasteiger partial charge in [-0.2, -0.15) is 0 Å². The number of rotatable bonds is 30. The van der Waals surface area contributed by atoms with Crippen LogP contribution in [-0.2, 0) is 14.3 Å². The maximum atomic E-state index is 13.5. The first-order valence-corrected chi connectivity index (χ1v) is 17.1. The SMILES string of the molecule is CCCCC/C=C\CCC(=O)N(CCCCCN(C)C)C(COC/C=C\CCCCC)COC/C=C\CCCCC. The van der Waals surface area contributed by atoms with E-state index in [2.05, 4.69) is 81.1 Å². The van der Waals surface area contributed by atoms with Crippen LogP contribution >= 0.6 is 0 Å². The fourth-order valence-electron chi connectivity index (χ4n) is 4.66. The third-order valence-corrected chi connectivity index (χ3v) is 7.26. The van der Waals surface area contributed by atoms with Gasteiger partial charge in [0.05, 0.1) is 32.5 Å². The first-order valence-electron chi connectivity index (χ1n) is 17.1. The molecule has 0 saturated heterocycles. The van der Waals surface area contributed by atoms with Crippen molar-refractivity contribution in [1.82, 2.24) is 9.80 Å². The van der Waals surface area contributed by atoms with Crippen LogP contribution in [0.2, 0.25) is 0 Å². The van der Waals surface area contributed by atoms with Gasteiger partial charge in [-0.1, -0.05) is 102 Å². The van der Waals surface area contributed by atoms with Crippen molar-refractivity contribution in [1.29, 1.82) is 0 Å².